The summed E-state index contributed by atoms with van der Waals surface area (Å²) in [7, 11) is 3.92. The molecule has 0 aromatic heterocycles. The maximum absolute atomic E-state index is 12.6. The standard InChI is InChI=1S/C24H32N4O5/c1-13-9-16(29)10-14(2)17(13)11-15(27(3)4)12-26-24(32)25-7-8-28-22(30)20-18-5-6-19(33-18)21(20)23(28)31/h5-6,9-10,15,18-21,29H,7-8,11-12H2,1-4H3,(H2,25,26,32). The number of hydrogen-bond donors (Lipinski definition) is 3. The van der Waals surface area contributed by atoms with Crippen LogP contribution in [0.4, 0.5) is 4.79 Å². The summed E-state index contributed by atoms with van der Waals surface area (Å²) in [4.78, 5) is 41.0. The van der Waals surface area contributed by atoms with Crippen LogP contribution >= 0.6 is 0 Å². The molecule has 0 aliphatic carbocycles. The molecule has 4 amide bonds. The Morgan fingerprint density at radius 3 is 2.21 bits per heavy atom. The molecule has 2 saturated heterocycles. The molecular weight excluding hydrogens is 424 g/mol. The Labute approximate surface area is 193 Å². The van der Waals surface area contributed by atoms with Crippen molar-refractivity contribution >= 4 is 17.8 Å². The SMILES string of the molecule is Cc1cc(O)cc(C)c1CC(CNC(=O)NCCN1C(=O)C2C3C=CC(O3)C2C1=O)N(C)C. The summed E-state index contributed by atoms with van der Waals surface area (Å²) in [6, 6.07) is 3.21. The number of nitrogens with zero attached hydrogens (tertiary/aromatic N) is 2. The zero-order valence-electron chi connectivity index (χ0n) is 19.5. The lowest BCUT2D eigenvalue weighted by Crippen LogP contribution is -2.47. The fourth-order valence-corrected chi connectivity index (χ4v) is 5.11. The van der Waals surface area contributed by atoms with Crippen LogP contribution in [0, 0.1) is 25.7 Å². The van der Waals surface area contributed by atoms with Gasteiger partial charge in [-0.3, -0.25) is 14.5 Å². The number of imide groups is 1. The number of aromatic hydroxyl groups is 1. The fourth-order valence-electron chi connectivity index (χ4n) is 5.11. The lowest BCUT2D eigenvalue weighted by Gasteiger charge is -2.26. The lowest BCUT2D eigenvalue weighted by atomic mass is 9.85. The molecule has 2 fully saturated rings. The third kappa shape index (κ3) is 4.47. The number of benzene rings is 1. The van der Waals surface area contributed by atoms with Crippen molar-refractivity contribution in [3.63, 3.8) is 0 Å². The molecular formula is C24H32N4O5. The summed E-state index contributed by atoms with van der Waals surface area (Å²) < 4.78 is 5.63. The summed E-state index contributed by atoms with van der Waals surface area (Å²) in [5.74, 6) is -1.02. The molecule has 9 nitrogen and oxygen atoms in total. The maximum Gasteiger partial charge on any atom is 0.314 e. The Hall–Kier alpha value is -2.91. The van der Waals surface area contributed by atoms with Crippen molar-refractivity contribution in [2.24, 2.45) is 11.8 Å². The molecule has 3 N–H and O–H groups in total. The molecule has 2 bridgehead atoms. The highest BCUT2D eigenvalue weighted by Crippen LogP contribution is 2.44. The van der Waals surface area contributed by atoms with E-state index >= 15 is 0 Å². The van der Waals surface area contributed by atoms with Gasteiger partial charge in [0.05, 0.1) is 24.0 Å². The third-order valence-electron chi connectivity index (χ3n) is 6.97. The van der Waals surface area contributed by atoms with Crippen LogP contribution in [0.5, 0.6) is 5.75 Å². The van der Waals surface area contributed by atoms with Gasteiger partial charge < -0.3 is 25.4 Å². The predicted octanol–water partition coefficient (Wildman–Crippen LogP) is 0.719. The van der Waals surface area contributed by atoms with Crippen molar-refractivity contribution in [3.05, 3.63) is 41.0 Å². The second kappa shape index (κ2) is 9.15. The minimum Gasteiger partial charge on any atom is -0.508 e. The van der Waals surface area contributed by atoms with Crippen molar-refractivity contribution in [2.45, 2.75) is 38.5 Å². The van der Waals surface area contributed by atoms with Gasteiger partial charge in [-0.15, -0.1) is 0 Å². The van der Waals surface area contributed by atoms with Gasteiger partial charge in [-0.1, -0.05) is 12.2 Å². The van der Waals surface area contributed by atoms with Gasteiger partial charge in [-0.2, -0.15) is 0 Å². The van der Waals surface area contributed by atoms with Crippen LogP contribution in [0.15, 0.2) is 24.3 Å². The highest BCUT2D eigenvalue weighted by atomic mass is 16.5. The molecule has 3 aliphatic heterocycles. The number of carbonyl (C=O) groups is 3. The van der Waals surface area contributed by atoms with E-state index in [-0.39, 0.29) is 54.9 Å². The molecule has 0 saturated carbocycles. The summed E-state index contributed by atoms with van der Waals surface area (Å²) in [5, 5.41) is 15.4. The number of likely N-dealkylation sites (tertiary alicyclic amines) is 1. The van der Waals surface area contributed by atoms with E-state index < -0.39 is 11.8 Å². The normalized spacial score (nSPS) is 26.3. The van der Waals surface area contributed by atoms with Crippen molar-refractivity contribution in [3.8, 4) is 5.75 Å². The van der Waals surface area contributed by atoms with E-state index in [0.29, 0.717) is 6.54 Å². The number of urea groups is 1. The molecule has 3 heterocycles. The quantitative estimate of drug-likeness (QED) is 0.393. The third-order valence-corrected chi connectivity index (χ3v) is 6.97. The van der Waals surface area contributed by atoms with Crippen LogP contribution in [0.3, 0.4) is 0 Å². The molecule has 33 heavy (non-hydrogen) atoms. The number of amides is 4. The van der Waals surface area contributed by atoms with E-state index in [9.17, 15) is 19.5 Å². The average molecular weight is 457 g/mol. The number of nitrogens with one attached hydrogen (secondary N) is 2. The van der Waals surface area contributed by atoms with Crippen LogP contribution in [0.25, 0.3) is 0 Å². The van der Waals surface area contributed by atoms with E-state index in [2.05, 4.69) is 15.5 Å². The molecule has 1 aromatic rings. The number of likely N-dealkylation sites (N-methyl/N-ethyl adjacent to an activating group) is 1. The number of fused-ring (bicyclic) bond motifs is 5. The van der Waals surface area contributed by atoms with Crippen molar-refractivity contribution < 1.29 is 24.2 Å². The molecule has 0 radical (unpaired) electrons. The van der Waals surface area contributed by atoms with E-state index in [1.54, 1.807) is 12.1 Å². The van der Waals surface area contributed by atoms with E-state index in [1.165, 1.54) is 4.90 Å². The van der Waals surface area contributed by atoms with Crippen LogP contribution < -0.4 is 10.6 Å². The Morgan fingerprint density at radius 2 is 1.67 bits per heavy atom. The van der Waals surface area contributed by atoms with Gasteiger partial charge in [0.2, 0.25) is 11.8 Å². The maximum atomic E-state index is 12.6. The zero-order valence-corrected chi connectivity index (χ0v) is 19.5. The Bertz CT molecular complexity index is 938. The number of phenolic OH excluding ortho intramolecular Hbond substituents is 1. The smallest absolute Gasteiger partial charge is 0.314 e. The summed E-state index contributed by atoms with van der Waals surface area (Å²) in [5.41, 5.74) is 3.18. The Kier molecular flexibility index (Phi) is 6.45. The molecule has 9 heteroatoms. The van der Waals surface area contributed by atoms with Gasteiger partial charge in [0.25, 0.3) is 0 Å². The number of hydrogen-bond acceptors (Lipinski definition) is 6. The molecule has 5 atom stereocenters. The number of aryl methyl sites for hydroxylation is 2. The fraction of sp³-hybridized carbons (Fsp3) is 0.542. The summed E-state index contributed by atoms with van der Waals surface area (Å²) in [6.07, 6.45) is 3.83. The van der Waals surface area contributed by atoms with Crippen LogP contribution in [-0.4, -0.2) is 84.7 Å². The molecule has 0 spiro atoms. The molecule has 1 aromatic carbocycles. The highest BCUT2D eigenvalue weighted by molar-refractivity contribution is 6.06. The van der Waals surface area contributed by atoms with Crippen LogP contribution in [-0.2, 0) is 20.7 Å². The Balaban J connectivity index is 1.25. The number of ether oxygens (including phenoxy) is 1. The average Bonchev–Trinajstić information content (AvgIpc) is 3.42. The minimum atomic E-state index is -0.422. The van der Waals surface area contributed by atoms with Crippen molar-refractivity contribution in [1.82, 2.24) is 20.4 Å². The number of rotatable bonds is 8. The largest absolute Gasteiger partial charge is 0.508 e. The molecule has 4 rings (SSSR count). The number of carbonyl (C=O) groups excluding carboxylic acids is 3. The number of phenols is 1. The first-order valence-corrected chi connectivity index (χ1v) is 11.3. The Morgan fingerprint density at radius 1 is 1.09 bits per heavy atom. The van der Waals surface area contributed by atoms with Gasteiger partial charge in [-0.05, 0) is 63.2 Å². The molecule has 178 valence electrons. The van der Waals surface area contributed by atoms with Crippen molar-refractivity contribution in [1.29, 1.82) is 0 Å². The second-order valence-electron chi connectivity index (χ2n) is 9.35. The topological polar surface area (TPSA) is 111 Å². The van der Waals surface area contributed by atoms with E-state index in [0.717, 1.165) is 23.1 Å². The summed E-state index contributed by atoms with van der Waals surface area (Å²) in [6.45, 7) is 4.71. The monoisotopic (exact) mass is 456 g/mol. The molecule has 5 unspecified atom stereocenters. The highest BCUT2D eigenvalue weighted by Gasteiger charge is 2.60. The van der Waals surface area contributed by atoms with E-state index in [4.69, 9.17) is 4.74 Å². The van der Waals surface area contributed by atoms with E-state index in [1.807, 2.05) is 40.1 Å². The zero-order chi connectivity index (χ0) is 23.9. The van der Waals surface area contributed by atoms with Gasteiger partial charge in [0, 0.05) is 25.7 Å². The van der Waals surface area contributed by atoms with Gasteiger partial charge in [-0.25, -0.2) is 4.79 Å². The van der Waals surface area contributed by atoms with Crippen LogP contribution in [0.1, 0.15) is 16.7 Å². The first-order valence-electron chi connectivity index (χ1n) is 11.3. The minimum absolute atomic E-state index is 0.0572. The molecule has 3 aliphatic rings. The second-order valence-corrected chi connectivity index (χ2v) is 9.35. The lowest BCUT2D eigenvalue weighted by molar-refractivity contribution is -0.142. The van der Waals surface area contributed by atoms with Crippen molar-refractivity contribution in [2.75, 3.05) is 33.7 Å². The van der Waals surface area contributed by atoms with Gasteiger partial charge >= 0.3 is 6.03 Å². The summed E-state index contributed by atoms with van der Waals surface area (Å²) >= 11 is 0. The van der Waals surface area contributed by atoms with Crippen LogP contribution in [0.2, 0.25) is 0 Å². The van der Waals surface area contributed by atoms with Gasteiger partial charge in [0.15, 0.2) is 0 Å². The van der Waals surface area contributed by atoms with Gasteiger partial charge in [0.1, 0.15) is 5.75 Å². The first-order chi connectivity index (χ1) is 15.7. The first kappa shape index (κ1) is 23.3. The predicted molar refractivity (Wildman–Crippen MR) is 122 cm³/mol.